The molecule has 1 aromatic heterocycles. The number of aliphatic carboxylic acids is 1. The van der Waals surface area contributed by atoms with Gasteiger partial charge in [-0.1, -0.05) is 0 Å². The number of primary amides is 1. The standard InChI is InChI=1S/C16H27N7O5/c17-4-2-1-3-11(22-14(25)10(18)6-13(19)24)15(26)23-12(16(27)28)5-9-7-20-8-21-9/h7-8,10-12H,1-6,17-18H2,(H2,19,24)(H,20,21)(H,22,25)(H,23,26)(H,27,28). The number of carbonyl (C=O) groups excluding carboxylic acids is 3. The number of carbonyl (C=O) groups is 4. The number of nitrogens with two attached hydrogens (primary N) is 3. The van der Waals surface area contributed by atoms with E-state index in [-0.39, 0.29) is 19.3 Å². The second-order valence-electron chi connectivity index (χ2n) is 6.30. The second kappa shape index (κ2) is 11.7. The smallest absolute Gasteiger partial charge is 0.326 e. The number of H-pyrrole nitrogens is 1. The molecule has 12 nitrogen and oxygen atoms in total. The van der Waals surface area contributed by atoms with Gasteiger partial charge in [0.25, 0.3) is 0 Å². The third-order valence-corrected chi connectivity index (χ3v) is 3.93. The zero-order chi connectivity index (χ0) is 21.1. The molecule has 0 saturated carbocycles. The summed E-state index contributed by atoms with van der Waals surface area (Å²) in [5, 5.41) is 14.2. The van der Waals surface area contributed by atoms with Crippen LogP contribution in [0.4, 0.5) is 0 Å². The van der Waals surface area contributed by atoms with Gasteiger partial charge in [-0.2, -0.15) is 0 Å². The normalized spacial score (nSPS) is 13.9. The van der Waals surface area contributed by atoms with Crippen molar-refractivity contribution in [3.05, 3.63) is 18.2 Å². The molecule has 156 valence electrons. The number of carboxylic acid groups (broad SMARTS) is 1. The van der Waals surface area contributed by atoms with Crippen molar-refractivity contribution in [3.8, 4) is 0 Å². The van der Waals surface area contributed by atoms with Crippen LogP contribution < -0.4 is 27.8 Å². The molecule has 0 aromatic carbocycles. The van der Waals surface area contributed by atoms with Gasteiger partial charge >= 0.3 is 5.97 Å². The lowest BCUT2D eigenvalue weighted by Gasteiger charge is -2.22. The summed E-state index contributed by atoms with van der Waals surface area (Å²) in [6.07, 6.45) is 3.83. The van der Waals surface area contributed by atoms with Crippen molar-refractivity contribution >= 4 is 23.7 Å². The quantitative estimate of drug-likeness (QED) is 0.174. The first-order valence-corrected chi connectivity index (χ1v) is 8.79. The minimum Gasteiger partial charge on any atom is -0.480 e. The molecule has 0 radical (unpaired) electrons. The van der Waals surface area contributed by atoms with Crippen molar-refractivity contribution in [1.29, 1.82) is 0 Å². The van der Waals surface area contributed by atoms with Crippen LogP contribution >= 0.6 is 0 Å². The van der Waals surface area contributed by atoms with E-state index < -0.39 is 41.8 Å². The molecule has 0 aliphatic rings. The van der Waals surface area contributed by atoms with Crippen LogP contribution in [0.2, 0.25) is 0 Å². The van der Waals surface area contributed by atoms with Gasteiger partial charge < -0.3 is 37.9 Å². The van der Waals surface area contributed by atoms with Crippen LogP contribution in [0.3, 0.4) is 0 Å². The van der Waals surface area contributed by atoms with Crippen molar-refractivity contribution in [2.24, 2.45) is 17.2 Å². The lowest BCUT2D eigenvalue weighted by Crippen LogP contribution is -2.55. The van der Waals surface area contributed by atoms with Crippen LogP contribution in [0.25, 0.3) is 0 Å². The fourth-order valence-corrected chi connectivity index (χ4v) is 2.44. The topological polar surface area (TPSA) is 219 Å². The van der Waals surface area contributed by atoms with Gasteiger partial charge in [-0.05, 0) is 25.8 Å². The van der Waals surface area contributed by atoms with E-state index in [0.717, 1.165) is 0 Å². The van der Waals surface area contributed by atoms with Gasteiger partial charge in [0.1, 0.15) is 12.1 Å². The molecule has 10 N–H and O–H groups in total. The first-order chi connectivity index (χ1) is 13.2. The van der Waals surface area contributed by atoms with Gasteiger partial charge in [-0.15, -0.1) is 0 Å². The zero-order valence-electron chi connectivity index (χ0n) is 15.4. The molecular formula is C16H27N7O5. The number of unbranched alkanes of at least 4 members (excludes halogenated alkanes) is 1. The fraction of sp³-hybridized carbons (Fsp3) is 0.562. The van der Waals surface area contributed by atoms with E-state index in [1.54, 1.807) is 0 Å². The number of carboxylic acids is 1. The zero-order valence-corrected chi connectivity index (χ0v) is 15.4. The largest absolute Gasteiger partial charge is 0.480 e. The van der Waals surface area contributed by atoms with Crippen LogP contribution in [0, 0.1) is 0 Å². The number of hydrogen-bond donors (Lipinski definition) is 7. The molecule has 1 aromatic rings. The second-order valence-corrected chi connectivity index (χ2v) is 6.30. The van der Waals surface area contributed by atoms with Crippen molar-refractivity contribution in [3.63, 3.8) is 0 Å². The highest BCUT2D eigenvalue weighted by molar-refractivity contribution is 5.93. The first kappa shape index (κ1) is 23.0. The molecule has 3 atom stereocenters. The number of nitrogens with one attached hydrogen (secondary N) is 3. The molecule has 12 heteroatoms. The summed E-state index contributed by atoms with van der Waals surface area (Å²) in [6.45, 7) is 0.404. The highest BCUT2D eigenvalue weighted by Crippen LogP contribution is 2.05. The average Bonchev–Trinajstić information content (AvgIpc) is 3.12. The fourth-order valence-electron chi connectivity index (χ4n) is 2.44. The van der Waals surface area contributed by atoms with E-state index in [2.05, 4.69) is 20.6 Å². The van der Waals surface area contributed by atoms with E-state index in [1.807, 2.05) is 0 Å². The van der Waals surface area contributed by atoms with Gasteiger partial charge in [0, 0.05) is 18.3 Å². The molecule has 0 saturated heterocycles. The van der Waals surface area contributed by atoms with E-state index in [9.17, 15) is 24.3 Å². The van der Waals surface area contributed by atoms with Crippen LogP contribution in [0.5, 0.6) is 0 Å². The Kier molecular flexibility index (Phi) is 9.60. The summed E-state index contributed by atoms with van der Waals surface area (Å²) >= 11 is 0. The lowest BCUT2D eigenvalue weighted by molar-refractivity contribution is -0.142. The summed E-state index contributed by atoms with van der Waals surface area (Å²) in [4.78, 5) is 53.7. The van der Waals surface area contributed by atoms with Gasteiger partial charge in [-0.25, -0.2) is 9.78 Å². The van der Waals surface area contributed by atoms with Crippen LogP contribution in [0.15, 0.2) is 12.5 Å². The molecule has 1 heterocycles. The van der Waals surface area contributed by atoms with Gasteiger partial charge in [-0.3, -0.25) is 14.4 Å². The molecule has 0 aliphatic carbocycles. The Morgan fingerprint density at radius 3 is 2.36 bits per heavy atom. The third-order valence-electron chi connectivity index (χ3n) is 3.93. The molecule has 3 amide bonds. The highest BCUT2D eigenvalue weighted by atomic mass is 16.4. The number of hydrogen-bond acceptors (Lipinski definition) is 7. The van der Waals surface area contributed by atoms with E-state index >= 15 is 0 Å². The van der Waals surface area contributed by atoms with Gasteiger partial charge in [0.2, 0.25) is 17.7 Å². The lowest BCUT2D eigenvalue weighted by atomic mass is 10.1. The minimum atomic E-state index is -1.24. The van der Waals surface area contributed by atoms with Crippen molar-refractivity contribution in [1.82, 2.24) is 20.6 Å². The first-order valence-electron chi connectivity index (χ1n) is 8.79. The number of nitrogens with zero attached hydrogens (tertiary/aromatic N) is 1. The molecule has 3 unspecified atom stereocenters. The molecule has 28 heavy (non-hydrogen) atoms. The Hall–Kier alpha value is -2.99. The third kappa shape index (κ3) is 8.14. The summed E-state index contributed by atoms with van der Waals surface area (Å²) in [7, 11) is 0. The Balaban J connectivity index is 2.79. The average molecular weight is 397 g/mol. The number of aromatic amines is 1. The number of aromatic nitrogens is 2. The highest BCUT2D eigenvalue weighted by Gasteiger charge is 2.28. The predicted molar refractivity (Wildman–Crippen MR) is 98.5 cm³/mol. The van der Waals surface area contributed by atoms with Crippen LogP contribution in [0.1, 0.15) is 31.4 Å². The molecule has 0 fully saturated rings. The van der Waals surface area contributed by atoms with Crippen molar-refractivity contribution < 1.29 is 24.3 Å². The summed E-state index contributed by atoms with van der Waals surface area (Å²) < 4.78 is 0. The van der Waals surface area contributed by atoms with Gasteiger partial charge in [0.15, 0.2) is 0 Å². The number of imidazole rings is 1. The molecular weight excluding hydrogens is 370 g/mol. The Labute approximate surface area is 161 Å². The van der Waals surface area contributed by atoms with Crippen molar-refractivity contribution in [2.45, 2.75) is 50.2 Å². The maximum Gasteiger partial charge on any atom is 0.326 e. The van der Waals surface area contributed by atoms with E-state index in [1.165, 1.54) is 12.5 Å². The Morgan fingerprint density at radius 2 is 1.82 bits per heavy atom. The summed E-state index contributed by atoms with van der Waals surface area (Å²) in [6, 6.07) is -3.45. The van der Waals surface area contributed by atoms with Crippen molar-refractivity contribution in [2.75, 3.05) is 6.54 Å². The summed E-state index contributed by atoms with van der Waals surface area (Å²) in [5.74, 6) is -3.40. The SMILES string of the molecule is NCCCCC(NC(=O)C(N)CC(N)=O)C(=O)NC(Cc1cnc[nH]1)C(=O)O. The summed E-state index contributed by atoms with van der Waals surface area (Å²) in [5.41, 5.74) is 16.6. The molecule has 0 aliphatic heterocycles. The Morgan fingerprint density at radius 1 is 1.14 bits per heavy atom. The number of rotatable bonds is 13. The maximum absolute atomic E-state index is 12.6. The maximum atomic E-state index is 12.6. The molecule has 1 rings (SSSR count). The van der Waals surface area contributed by atoms with Crippen LogP contribution in [-0.4, -0.2) is 63.4 Å². The van der Waals surface area contributed by atoms with Gasteiger partial charge in [0.05, 0.1) is 18.8 Å². The molecule has 0 spiro atoms. The number of amides is 3. The minimum absolute atomic E-state index is 0.00821. The molecule has 0 bridgehead atoms. The van der Waals surface area contributed by atoms with E-state index in [0.29, 0.717) is 25.1 Å². The monoisotopic (exact) mass is 397 g/mol. The van der Waals surface area contributed by atoms with Crippen LogP contribution in [-0.2, 0) is 25.6 Å². The predicted octanol–water partition coefficient (Wildman–Crippen LogP) is -2.66. The Bertz CT molecular complexity index is 664. The van der Waals surface area contributed by atoms with E-state index in [4.69, 9.17) is 17.2 Å².